The third kappa shape index (κ3) is 3.48. The van der Waals surface area contributed by atoms with Crippen molar-refractivity contribution in [1.82, 2.24) is 20.0 Å². The number of carbonyl (C=O) groups excluding carboxylic acids is 1. The molecule has 0 unspecified atom stereocenters. The minimum absolute atomic E-state index is 0.127. The molecular weight excluding hydrogens is 340 g/mol. The standard InChI is InChI=1S/C21H22N4O2/c1-15-6-2-3-7-16(15)14-24-10-12-25(13-11-24)21(27)19-17-8-4-5-9-18(17)20(26)23-22-19/h2-9H,10-14H2,1H3,(H,23,26). The van der Waals surface area contributed by atoms with Gasteiger partial charge in [-0.1, -0.05) is 42.5 Å². The van der Waals surface area contributed by atoms with Crippen molar-refractivity contribution < 1.29 is 4.79 Å². The molecule has 0 saturated carbocycles. The molecule has 138 valence electrons. The van der Waals surface area contributed by atoms with Crippen LogP contribution >= 0.6 is 0 Å². The fraction of sp³-hybridized carbons (Fsp3) is 0.286. The number of nitrogens with one attached hydrogen (secondary N) is 1. The zero-order chi connectivity index (χ0) is 18.8. The summed E-state index contributed by atoms with van der Waals surface area (Å²) in [5.74, 6) is -0.127. The highest BCUT2D eigenvalue weighted by Crippen LogP contribution is 2.17. The minimum atomic E-state index is -0.273. The van der Waals surface area contributed by atoms with Crippen molar-refractivity contribution in [2.45, 2.75) is 13.5 Å². The molecule has 4 rings (SSSR count). The summed E-state index contributed by atoms with van der Waals surface area (Å²) >= 11 is 0. The molecular formula is C21H22N4O2. The van der Waals surface area contributed by atoms with Gasteiger partial charge in [-0.15, -0.1) is 0 Å². The maximum absolute atomic E-state index is 13.0. The fourth-order valence-electron chi connectivity index (χ4n) is 3.57. The lowest BCUT2D eigenvalue weighted by molar-refractivity contribution is 0.0623. The molecule has 1 N–H and O–H groups in total. The van der Waals surface area contributed by atoms with Gasteiger partial charge in [0.25, 0.3) is 11.5 Å². The molecule has 2 heterocycles. The summed E-state index contributed by atoms with van der Waals surface area (Å²) in [4.78, 5) is 29.1. The van der Waals surface area contributed by atoms with Gasteiger partial charge in [-0.3, -0.25) is 14.5 Å². The van der Waals surface area contributed by atoms with Crippen molar-refractivity contribution in [1.29, 1.82) is 0 Å². The number of amides is 1. The Labute approximate surface area is 157 Å². The molecule has 0 radical (unpaired) electrons. The number of hydrogen-bond donors (Lipinski definition) is 1. The first-order valence-corrected chi connectivity index (χ1v) is 9.17. The van der Waals surface area contributed by atoms with Crippen LogP contribution in [0.3, 0.4) is 0 Å². The van der Waals surface area contributed by atoms with Crippen molar-refractivity contribution in [2.75, 3.05) is 26.2 Å². The Hall–Kier alpha value is -2.99. The van der Waals surface area contributed by atoms with Crippen LogP contribution < -0.4 is 5.56 Å². The Kier molecular flexibility index (Phi) is 4.73. The van der Waals surface area contributed by atoms with Crippen molar-refractivity contribution in [3.8, 4) is 0 Å². The van der Waals surface area contributed by atoms with E-state index in [1.807, 2.05) is 11.0 Å². The van der Waals surface area contributed by atoms with E-state index in [0.29, 0.717) is 29.6 Å². The number of carbonyl (C=O) groups is 1. The highest BCUT2D eigenvalue weighted by Gasteiger charge is 2.25. The Morgan fingerprint density at radius 3 is 2.41 bits per heavy atom. The summed E-state index contributed by atoms with van der Waals surface area (Å²) in [6.45, 7) is 5.97. The second kappa shape index (κ2) is 7.32. The molecule has 0 atom stereocenters. The third-order valence-corrected chi connectivity index (χ3v) is 5.21. The summed E-state index contributed by atoms with van der Waals surface area (Å²) in [7, 11) is 0. The SMILES string of the molecule is Cc1ccccc1CN1CCN(C(=O)c2n[nH]c(=O)c3ccccc23)CC1. The highest BCUT2D eigenvalue weighted by atomic mass is 16.2. The van der Waals surface area contributed by atoms with Crippen LogP contribution in [-0.4, -0.2) is 52.1 Å². The number of benzene rings is 2. The zero-order valence-electron chi connectivity index (χ0n) is 15.3. The average molecular weight is 362 g/mol. The number of nitrogens with zero attached hydrogens (tertiary/aromatic N) is 3. The Balaban J connectivity index is 1.47. The van der Waals surface area contributed by atoms with Crippen LogP contribution in [0, 0.1) is 6.92 Å². The van der Waals surface area contributed by atoms with E-state index in [4.69, 9.17) is 0 Å². The van der Waals surface area contributed by atoms with Gasteiger partial charge >= 0.3 is 0 Å². The van der Waals surface area contributed by atoms with Crippen molar-refractivity contribution >= 4 is 16.7 Å². The first kappa shape index (κ1) is 17.4. The lowest BCUT2D eigenvalue weighted by Crippen LogP contribution is -2.48. The van der Waals surface area contributed by atoms with E-state index < -0.39 is 0 Å². The van der Waals surface area contributed by atoms with Crippen LogP contribution in [-0.2, 0) is 6.54 Å². The molecule has 1 fully saturated rings. The molecule has 1 aliphatic rings. The third-order valence-electron chi connectivity index (χ3n) is 5.21. The molecule has 0 spiro atoms. The monoisotopic (exact) mass is 362 g/mol. The first-order chi connectivity index (χ1) is 13.1. The second-order valence-corrected chi connectivity index (χ2v) is 6.94. The Morgan fingerprint density at radius 1 is 1.00 bits per heavy atom. The van der Waals surface area contributed by atoms with Gasteiger partial charge < -0.3 is 4.90 Å². The number of fused-ring (bicyclic) bond motifs is 1. The topological polar surface area (TPSA) is 69.3 Å². The first-order valence-electron chi connectivity index (χ1n) is 9.17. The molecule has 6 heteroatoms. The fourth-order valence-corrected chi connectivity index (χ4v) is 3.57. The smallest absolute Gasteiger partial charge is 0.275 e. The number of aromatic amines is 1. The molecule has 0 aliphatic carbocycles. The van der Waals surface area contributed by atoms with Crippen molar-refractivity contribution in [3.05, 3.63) is 75.7 Å². The highest BCUT2D eigenvalue weighted by molar-refractivity contribution is 6.04. The lowest BCUT2D eigenvalue weighted by atomic mass is 10.1. The van der Waals surface area contributed by atoms with Gasteiger partial charge in [0.1, 0.15) is 0 Å². The van der Waals surface area contributed by atoms with E-state index in [1.54, 1.807) is 18.2 Å². The number of piperazine rings is 1. The van der Waals surface area contributed by atoms with Crippen LogP contribution in [0.2, 0.25) is 0 Å². The number of aromatic nitrogens is 2. The zero-order valence-corrected chi connectivity index (χ0v) is 15.3. The summed E-state index contributed by atoms with van der Waals surface area (Å²) < 4.78 is 0. The van der Waals surface area contributed by atoms with Gasteiger partial charge in [0.2, 0.25) is 0 Å². The number of aryl methyl sites for hydroxylation is 1. The van der Waals surface area contributed by atoms with E-state index in [0.717, 1.165) is 19.6 Å². The van der Waals surface area contributed by atoms with E-state index in [2.05, 4.69) is 46.3 Å². The number of hydrogen-bond acceptors (Lipinski definition) is 4. The molecule has 1 saturated heterocycles. The summed E-state index contributed by atoms with van der Waals surface area (Å²) in [5, 5.41) is 7.58. The van der Waals surface area contributed by atoms with Gasteiger partial charge in [0, 0.05) is 38.1 Å². The molecule has 2 aromatic carbocycles. The second-order valence-electron chi connectivity index (χ2n) is 6.94. The molecule has 1 aliphatic heterocycles. The molecule has 6 nitrogen and oxygen atoms in total. The summed E-state index contributed by atoms with van der Waals surface area (Å²) in [5.41, 5.74) is 2.66. The molecule has 1 aromatic heterocycles. The predicted octanol–water partition coefficient (Wildman–Crippen LogP) is 2.19. The van der Waals surface area contributed by atoms with Gasteiger partial charge in [-0.05, 0) is 24.1 Å². The normalized spacial score (nSPS) is 15.2. The lowest BCUT2D eigenvalue weighted by Gasteiger charge is -2.34. The van der Waals surface area contributed by atoms with Gasteiger partial charge in [0.05, 0.1) is 5.39 Å². The van der Waals surface area contributed by atoms with Crippen molar-refractivity contribution in [3.63, 3.8) is 0 Å². The molecule has 0 bridgehead atoms. The maximum atomic E-state index is 13.0. The average Bonchev–Trinajstić information content (AvgIpc) is 2.70. The van der Waals surface area contributed by atoms with Crippen LogP contribution in [0.15, 0.2) is 53.3 Å². The molecule has 3 aromatic rings. The summed E-state index contributed by atoms with van der Waals surface area (Å²) in [6.07, 6.45) is 0. The summed E-state index contributed by atoms with van der Waals surface area (Å²) in [6, 6.07) is 15.5. The Bertz CT molecular complexity index is 1040. The van der Waals surface area contributed by atoms with Gasteiger partial charge in [-0.2, -0.15) is 5.10 Å². The molecule has 1 amide bonds. The van der Waals surface area contributed by atoms with Crippen LogP contribution in [0.1, 0.15) is 21.6 Å². The van der Waals surface area contributed by atoms with E-state index in [1.165, 1.54) is 11.1 Å². The van der Waals surface area contributed by atoms with E-state index in [9.17, 15) is 9.59 Å². The number of rotatable bonds is 3. The van der Waals surface area contributed by atoms with E-state index >= 15 is 0 Å². The van der Waals surface area contributed by atoms with Crippen molar-refractivity contribution in [2.24, 2.45) is 0 Å². The minimum Gasteiger partial charge on any atom is -0.335 e. The van der Waals surface area contributed by atoms with Gasteiger partial charge in [0.15, 0.2) is 5.69 Å². The maximum Gasteiger partial charge on any atom is 0.275 e. The Morgan fingerprint density at radius 2 is 1.67 bits per heavy atom. The molecule has 27 heavy (non-hydrogen) atoms. The van der Waals surface area contributed by atoms with Crippen LogP contribution in [0.4, 0.5) is 0 Å². The number of H-pyrrole nitrogens is 1. The van der Waals surface area contributed by atoms with Gasteiger partial charge in [-0.25, -0.2) is 5.10 Å². The van der Waals surface area contributed by atoms with Crippen LogP contribution in [0.5, 0.6) is 0 Å². The quantitative estimate of drug-likeness (QED) is 0.775. The largest absolute Gasteiger partial charge is 0.335 e. The van der Waals surface area contributed by atoms with Crippen LogP contribution in [0.25, 0.3) is 10.8 Å². The van der Waals surface area contributed by atoms with E-state index in [-0.39, 0.29) is 11.5 Å². The predicted molar refractivity (Wildman–Crippen MR) is 105 cm³/mol.